The number of rotatable bonds is 5. The molecule has 1 heterocycles. The molecule has 0 bridgehead atoms. The second-order valence-electron chi connectivity index (χ2n) is 9.31. The van der Waals surface area contributed by atoms with Crippen LogP contribution in [0.3, 0.4) is 0 Å². The van der Waals surface area contributed by atoms with Gasteiger partial charge in [-0.1, -0.05) is 43.3 Å². The Morgan fingerprint density at radius 1 is 1.17 bits per heavy atom. The number of aryl methyl sites for hydroxylation is 1. The molecule has 0 aromatic heterocycles. The number of benzene rings is 2. The lowest BCUT2D eigenvalue weighted by molar-refractivity contribution is -0.121. The molecule has 160 valence electrons. The molecule has 1 fully saturated rings. The van der Waals surface area contributed by atoms with E-state index in [2.05, 4.69) is 59.6 Å². The highest BCUT2D eigenvalue weighted by Crippen LogP contribution is 2.46. The summed E-state index contributed by atoms with van der Waals surface area (Å²) in [6, 6.07) is 17.3. The summed E-state index contributed by atoms with van der Waals surface area (Å²) in [5, 5.41) is 3.28. The smallest absolute Gasteiger partial charge is 0.217 e. The van der Waals surface area contributed by atoms with Crippen LogP contribution in [-0.2, 0) is 11.2 Å². The number of fused-ring (bicyclic) bond motifs is 1. The van der Waals surface area contributed by atoms with Gasteiger partial charge in [0.1, 0.15) is 5.75 Å². The zero-order chi connectivity index (χ0) is 21.1. The molecule has 1 amide bonds. The first-order valence-corrected chi connectivity index (χ1v) is 11.2. The van der Waals surface area contributed by atoms with Crippen molar-refractivity contribution in [1.82, 2.24) is 10.2 Å². The van der Waals surface area contributed by atoms with Gasteiger partial charge in [-0.05, 0) is 73.5 Å². The highest BCUT2D eigenvalue weighted by atomic mass is 16.5. The lowest BCUT2D eigenvalue weighted by Gasteiger charge is -2.46. The van der Waals surface area contributed by atoms with E-state index in [-0.39, 0.29) is 17.4 Å². The number of methoxy groups -OCH3 is 1. The van der Waals surface area contributed by atoms with Crippen molar-refractivity contribution in [2.75, 3.05) is 26.7 Å². The maximum atomic E-state index is 12.1. The monoisotopic (exact) mass is 406 g/mol. The van der Waals surface area contributed by atoms with E-state index in [1.807, 2.05) is 6.07 Å². The van der Waals surface area contributed by atoms with Crippen molar-refractivity contribution in [2.24, 2.45) is 5.41 Å². The third kappa shape index (κ3) is 4.39. The summed E-state index contributed by atoms with van der Waals surface area (Å²) in [6.07, 6.45) is 4.51. The van der Waals surface area contributed by atoms with Crippen LogP contribution in [-0.4, -0.2) is 37.6 Å². The molecule has 4 nitrogen and oxygen atoms in total. The molecule has 2 aromatic rings. The van der Waals surface area contributed by atoms with Crippen LogP contribution in [0.15, 0.2) is 48.5 Å². The lowest BCUT2D eigenvalue weighted by Crippen LogP contribution is -2.49. The molecular weight excluding hydrogens is 372 g/mol. The van der Waals surface area contributed by atoms with Crippen molar-refractivity contribution in [2.45, 2.75) is 51.5 Å². The molecule has 2 aliphatic rings. The number of amides is 1. The van der Waals surface area contributed by atoms with Crippen LogP contribution in [0.1, 0.15) is 61.8 Å². The van der Waals surface area contributed by atoms with Gasteiger partial charge in [0, 0.05) is 18.9 Å². The van der Waals surface area contributed by atoms with Gasteiger partial charge in [0.05, 0.1) is 13.2 Å². The lowest BCUT2D eigenvalue weighted by atomic mass is 9.68. The van der Waals surface area contributed by atoms with Gasteiger partial charge in [0.2, 0.25) is 5.91 Å². The Bertz CT molecular complexity index is 874. The third-order valence-electron chi connectivity index (χ3n) is 7.11. The maximum absolute atomic E-state index is 12.1. The van der Waals surface area contributed by atoms with Gasteiger partial charge in [0.15, 0.2) is 0 Å². The zero-order valence-electron chi connectivity index (χ0n) is 18.5. The average molecular weight is 407 g/mol. The maximum Gasteiger partial charge on any atom is 0.217 e. The number of nitrogens with zero attached hydrogens (tertiary/aromatic N) is 1. The van der Waals surface area contributed by atoms with Crippen LogP contribution in [0.2, 0.25) is 0 Å². The number of hydrogen-bond acceptors (Lipinski definition) is 3. The first kappa shape index (κ1) is 20.9. The predicted octanol–water partition coefficient (Wildman–Crippen LogP) is 4.70. The van der Waals surface area contributed by atoms with Crippen molar-refractivity contribution >= 4 is 5.91 Å². The predicted molar refractivity (Wildman–Crippen MR) is 121 cm³/mol. The molecule has 0 spiro atoms. The van der Waals surface area contributed by atoms with Crippen molar-refractivity contribution in [3.8, 4) is 5.75 Å². The van der Waals surface area contributed by atoms with Gasteiger partial charge in [0.25, 0.3) is 0 Å². The van der Waals surface area contributed by atoms with E-state index in [1.54, 1.807) is 14.0 Å². The van der Waals surface area contributed by atoms with Gasteiger partial charge in [-0.3, -0.25) is 4.79 Å². The number of piperidine rings is 1. The van der Waals surface area contributed by atoms with Crippen LogP contribution in [0.25, 0.3) is 0 Å². The first-order valence-electron chi connectivity index (χ1n) is 11.2. The van der Waals surface area contributed by atoms with E-state index in [4.69, 9.17) is 4.74 Å². The van der Waals surface area contributed by atoms with Crippen LogP contribution in [0.4, 0.5) is 0 Å². The number of ether oxygens (including phenoxy) is 1. The van der Waals surface area contributed by atoms with Crippen LogP contribution in [0, 0.1) is 5.41 Å². The number of likely N-dealkylation sites (tertiary alicyclic amines) is 1. The van der Waals surface area contributed by atoms with Gasteiger partial charge in [-0.15, -0.1) is 0 Å². The van der Waals surface area contributed by atoms with E-state index < -0.39 is 0 Å². The molecule has 4 rings (SSSR count). The Hall–Kier alpha value is -2.33. The van der Waals surface area contributed by atoms with E-state index >= 15 is 0 Å². The molecule has 1 saturated heterocycles. The summed E-state index contributed by atoms with van der Waals surface area (Å²) in [5.74, 6) is 1.60. The summed E-state index contributed by atoms with van der Waals surface area (Å²) in [6.45, 7) is 7.24. The normalized spacial score (nSPS) is 24.8. The summed E-state index contributed by atoms with van der Waals surface area (Å²) in [7, 11) is 1.71. The van der Waals surface area contributed by atoms with Crippen LogP contribution >= 0.6 is 0 Å². The molecule has 2 unspecified atom stereocenters. The summed E-state index contributed by atoms with van der Waals surface area (Å²) >= 11 is 0. The average Bonchev–Trinajstić information content (AvgIpc) is 2.76. The molecular formula is C26H34N2O2. The van der Waals surface area contributed by atoms with E-state index in [0.717, 1.165) is 38.2 Å². The van der Waals surface area contributed by atoms with Crippen molar-refractivity contribution in [3.63, 3.8) is 0 Å². The fourth-order valence-corrected chi connectivity index (χ4v) is 5.43. The summed E-state index contributed by atoms with van der Waals surface area (Å²) in [5.41, 5.74) is 4.04. The van der Waals surface area contributed by atoms with Crippen molar-refractivity contribution < 1.29 is 9.53 Å². The van der Waals surface area contributed by atoms with Crippen molar-refractivity contribution in [1.29, 1.82) is 0 Å². The van der Waals surface area contributed by atoms with E-state index in [0.29, 0.717) is 5.92 Å². The highest BCUT2D eigenvalue weighted by Gasteiger charge is 2.42. The number of carbonyl (C=O) groups is 1. The highest BCUT2D eigenvalue weighted by molar-refractivity contribution is 5.73. The molecule has 1 aliphatic carbocycles. The zero-order valence-corrected chi connectivity index (χ0v) is 18.5. The molecule has 2 atom stereocenters. The molecule has 1 aliphatic heterocycles. The second kappa shape index (κ2) is 8.81. The standard InChI is InChI=1S/C26H34N2O2/c1-19(29)27-25-24-10-9-23(30-3)17-22(24)11-14-26(25,2)18-28-15-12-21(13-16-28)20-7-5-4-6-8-20/h4-10,17,21,25H,11-16,18H2,1-3H3,(H,27,29). The van der Waals surface area contributed by atoms with Gasteiger partial charge in [-0.2, -0.15) is 0 Å². The number of carbonyl (C=O) groups excluding carboxylic acids is 1. The topological polar surface area (TPSA) is 41.6 Å². The van der Waals surface area contributed by atoms with E-state index in [1.165, 1.54) is 29.5 Å². The van der Waals surface area contributed by atoms with Crippen LogP contribution in [0.5, 0.6) is 5.75 Å². The molecule has 1 N–H and O–H groups in total. The SMILES string of the molecule is COc1ccc2c(c1)CCC(C)(CN1CCC(c3ccccc3)CC1)C2NC(C)=O. The quantitative estimate of drug-likeness (QED) is 0.782. The third-order valence-corrected chi connectivity index (χ3v) is 7.11. The molecule has 0 radical (unpaired) electrons. The van der Waals surface area contributed by atoms with Gasteiger partial charge in [-0.25, -0.2) is 0 Å². The summed E-state index contributed by atoms with van der Waals surface area (Å²) in [4.78, 5) is 14.7. The minimum absolute atomic E-state index is 0.0207. The first-order chi connectivity index (χ1) is 14.5. The van der Waals surface area contributed by atoms with Crippen molar-refractivity contribution in [3.05, 3.63) is 65.2 Å². The molecule has 4 heteroatoms. The Kier molecular flexibility index (Phi) is 6.14. The molecule has 2 aromatic carbocycles. The van der Waals surface area contributed by atoms with Gasteiger partial charge >= 0.3 is 0 Å². The fraction of sp³-hybridized carbons (Fsp3) is 0.500. The number of hydrogen-bond donors (Lipinski definition) is 1. The minimum Gasteiger partial charge on any atom is -0.497 e. The number of nitrogens with one attached hydrogen (secondary N) is 1. The molecule has 30 heavy (non-hydrogen) atoms. The van der Waals surface area contributed by atoms with Crippen LogP contribution < -0.4 is 10.1 Å². The minimum atomic E-state index is 0.0207. The molecule has 0 saturated carbocycles. The second-order valence-corrected chi connectivity index (χ2v) is 9.31. The Morgan fingerprint density at radius 2 is 1.90 bits per heavy atom. The summed E-state index contributed by atoms with van der Waals surface area (Å²) < 4.78 is 5.42. The Balaban J connectivity index is 1.48. The fourth-order valence-electron chi connectivity index (χ4n) is 5.43. The van der Waals surface area contributed by atoms with Gasteiger partial charge < -0.3 is 15.0 Å². The Labute approximate surface area is 180 Å². The largest absolute Gasteiger partial charge is 0.497 e. The van der Waals surface area contributed by atoms with E-state index in [9.17, 15) is 4.79 Å². The Morgan fingerprint density at radius 3 is 2.57 bits per heavy atom.